The van der Waals surface area contributed by atoms with Crippen molar-refractivity contribution < 1.29 is 9.18 Å². The van der Waals surface area contributed by atoms with E-state index in [9.17, 15) is 9.18 Å². The molecule has 2 aromatic carbocycles. The fourth-order valence-corrected chi connectivity index (χ4v) is 4.23. The Morgan fingerprint density at radius 3 is 2.81 bits per heavy atom. The van der Waals surface area contributed by atoms with Gasteiger partial charge in [-0.3, -0.25) is 9.78 Å². The minimum absolute atomic E-state index is 0.110. The second-order valence-corrected chi connectivity index (χ2v) is 6.83. The molecule has 5 rings (SSSR count). The van der Waals surface area contributed by atoms with Gasteiger partial charge in [0.05, 0.1) is 11.6 Å². The lowest BCUT2D eigenvalue weighted by molar-refractivity contribution is -0.116. The molecule has 1 N–H and O–H groups in total. The Morgan fingerprint density at radius 1 is 1.04 bits per heavy atom. The molecule has 2 aliphatic rings. The van der Waals surface area contributed by atoms with E-state index in [1.165, 1.54) is 6.07 Å². The number of nitrogens with one attached hydrogen (secondary N) is 1. The number of rotatable bonds is 1. The van der Waals surface area contributed by atoms with E-state index in [4.69, 9.17) is 0 Å². The predicted molar refractivity (Wildman–Crippen MR) is 100 cm³/mol. The van der Waals surface area contributed by atoms with Crippen molar-refractivity contribution in [2.75, 3.05) is 5.32 Å². The van der Waals surface area contributed by atoms with Crippen LogP contribution in [0.2, 0.25) is 0 Å². The van der Waals surface area contributed by atoms with E-state index in [-0.39, 0.29) is 11.6 Å². The largest absolute Gasteiger partial charge is 0.373 e. The summed E-state index contributed by atoms with van der Waals surface area (Å²) in [6.07, 6.45) is 3.95. The maximum absolute atomic E-state index is 14.5. The van der Waals surface area contributed by atoms with Crippen molar-refractivity contribution in [1.82, 2.24) is 4.98 Å². The van der Waals surface area contributed by atoms with Gasteiger partial charge in [-0.15, -0.1) is 0 Å². The average molecular weight is 344 g/mol. The number of carbonyl (C=O) groups is 1. The first-order valence-electron chi connectivity index (χ1n) is 8.89. The lowest BCUT2D eigenvalue weighted by atomic mass is 9.77. The molecule has 1 unspecified atom stereocenters. The number of carbonyl (C=O) groups excluding carboxylic acids is 1. The minimum Gasteiger partial charge on any atom is -0.373 e. The van der Waals surface area contributed by atoms with Gasteiger partial charge in [0.25, 0.3) is 0 Å². The van der Waals surface area contributed by atoms with Crippen LogP contribution >= 0.6 is 0 Å². The Kier molecular flexibility index (Phi) is 3.38. The predicted octanol–water partition coefficient (Wildman–Crippen LogP) is 5.05. The molecule has 3 nitrogen and oxygen atoms in total. The van der Waals surface area contributed by atoms with Gasteiger partial charge in [0.1, 0.15) is 5.82 Å². The smallest absolute Gasteiger partial charge is 0.161 e. The molecule has 4 heteroatoms. The highest BCUT2D eigenvalue weighted by molar-refractivity contribution is 6.12. The molecule has 0 saturated carbocycles. The molecule has 1 aromatic heterocycles. The molecule has 2 heterocycles. The molecule has 1 atom stereocenters. The highest BCUT2D eigenvalue weighted by Gasteiger charge is 2.35. The number of fused-ring (bicyclic) bond motifs is 4. The van der Waals surface area contributed by atoms with E-state index >= 15 is 0 Å². The molecule has 0 amide bonds. The quantitative estimate of drug-likeness (QED) is 0.672. The van der Waals surface area contributed by atoms with Crippen molar-refractivity contribution >= 4 is 27.9 Å². The van der Waals surface area contributed by atoms with Crippen molar-refractivity contribution in [3.8, 4) is 0 Å². The van der Waals surface area contributed by atoms with E-state index < -0.39 is 6.04 Å². The molecule has 128 valence electrons. The third-order valence-corrected chi connectivity index (χ3v) is 5.35. The molecule has 0 bridgehead atoms. The molecule has 26 heavy (non-hydrogen) atoms. The Bertz CT molecular complexity index is 1090. The van der Waals surface area contributed by atoms with E-state index in [1.54, 1.807) is 18.3 Å². The van der Waals surface area contributed by atoms with Crippen LogP contribution in [-0.4, -0.2) is 10.8 Å². The first-order valence-corrected chi connectivity index (χ1v) is 8.89. The van der Waals surface area contributed by atoms with Crippen LogP contribution in [0, 0.1) is 5.82 Å². The van der Waals surface area contributed by atoms with Crippen LogP contribution in [0.25, 0.3) is 16.5 Å². The van der Waals surface area contributed by atoms with Crippen molar-refractivity contribution in [2.24, 2.45) is 0 Å². The molecule has 0 fully saturated rings. The Labute approximate surface area is 150 Å². The summed E-state index contributed by atoms with van der Waals surface area (Å²) in [6.45, 7) is 0. The van der Waals surface area contributed by atoms with Gasteiger partial charge in [-0.25, -0.2) is 4.39 Å². The van der Waals surface area contributed by atoms with Crippen LogP contribution in [0.3, 0.4) is 0 Å². The standard InChI is InChI=1S/C22H17FN2O/c23-16-8-2-1-5-13(16)22-21-15(6-3-9-19(21)26)20-14-7-4-12-24-17(14)10-11-18(20)25-22/h1-2,4-5,7-8,10-12,22,25H,3,6,9H2. The van der Waals surface area contributed by atoms with Gasteiger partial charge >= 0.3 is 0 Å². The lowest BCUT2D eigenvalue weighted by Crippen LogP contribution is -2.28. The molecule has 3 aromatic rings. The molecule has 0 radical (unpaired) electrons. The molecule has 1 aliphatic heterocycles. The number of anilines is 1. The fraction of sp³-hybridized carbons (Fsp3) is 0.182. The number of allylic oxidation sites excluding steroid dienone is 1. The maximum atomic E-state index is 14.5. The van der Waals surface area contributed by atoms with Gasteiger partial charge in [-0.2, -0.15) is 0 Å². The maximum Gasteiger partial charge on any atom is 0.161 e. The number of aromatic nitrogens is 1. The SMILES string of the molecule is O=C1CCCC2=C1C(c1ccccc1F)Nc1ccc3ncccc3c12. The van der Waals surface area contributed by atoms with E-state index in [2.05, 4.69) is 10.3 Å². The minimum atomic E-state index is -0.444. The number of Topliss-reactive ketones (excluding diaryl/α,β-unsaturated/α-hetero) is 1. The summed E-state index contributed by atoms with van der Waals surface area (Å²) in [7, 11) is 0. The van der Waals surface area contributed by atoms with E-state index in [0.717, 1.165) is 40.6 Å². The number of hydrogen-bond donors (Lipinski definition) is 1. The van der Waals surface area contributed by atoms with Gasteiger partial charge in [-0.1, -0.05) is 24.3 Å². The number of pyridine rings is 1. The summed E-state index contributed by atoms with van der Waals surface area (Å²) in [4.78, 5) is 17.3. The second-order valence-electron chi connectivity index (χ2n) is 6.83. The number of halogens is 1. The van der Waals surface area contributed by atoms with Crippen LogP contribution in [-0.2, 0) is 4.79 Å². The Balaban J connectivity index is 1.81. The average Bonchev–Trinajstić information content (AvgIpc) is 2.67. The summed E-state index contributed by atoms with van der Waals surface area (Å²) >= 11 is 0. The van der Waals surface area contributed by atoms with Crippen LogP contribution in [0.5, 0.6) is 0 Å². The van der Waals surface area contributed by atoms with Gasteiger partial charge in [0.15, 0.2) is 5.78 Å². The van der Waals surface area contributed by atoms with Crippen molar-refractivity contribution in [2.45, 2.75) is 25.3 Å². The first-order chi connectivity index (χ1) is 12.7. The monoisotopic (exact) mass is 344 g/mol. The van der Waals surface area contributed by atoms with Crippen molar-refractivity contribution in [3.05, 3.63) is 77.2 Å². The van der Waals surface area contributed by atoms with Gasteiger partial charge in [0.2, 0.25) is 0 Å². The Hall–Kier alpha value is -3.01. The summed E-state index contributed by atoms with van der Waals surface area (Å²) < 4.78 is 14.5. The van der Waals surface area contributed by atoms with Crippen LogP contribution in [0.1, 0.15) is 36.4 Å². The highest BCUT2D eigenvalue weighted by Crippen LogP contribution is 2.47. The molecular formula is C22H17FN2O. The highest BCUT2D eigenvalue weighted by atomic mass is 19.1. The zero-order valence-electron chi connectivity index (χ0n) is 14.1. The van der Waals surface area contributed by atoms with Crippen LogP contribution in [0.4, 0.5) is 10.1 Å². The third-order valence-electron chi connectivity index (χ3n) is 5.35. The van der Waals surface area contributed by atoms with Crippen molar-refractivity contribution in [1.29, 1.82) is 0 Å². The number of benzene rings is 2. The van der Waals surface area contributed by atoms with E-state index in [1.807, 2.05) is 30.3 Å². The zero-order valence-corrected chi connectivity index (χ0v) is 14.1. The summed E-state index contributed by atoms with van der Waals surface area (Å²) in [6, 6.07) is 14.2. The number of ketones is 1. The summed E-state index contributed by atoms with van der Waals surface area (Å²) in [5.41, 5.74) is 5.17. The molecule has 0 saturated heterocycles. The molecular weight excluding hydrogens is 327 g/mol. The molecule has 1 aliphatic carbocycles. The van der Waals surface area contributed by atoms with Gasteiger partial charge < -0.3 is 5.32 Å². The van der Waals surface area contributed by atoms with Crippen LogP contribution < -0.4 is 5.32 Å². The Morgan fingerprint density at radius 2 is 1.92 bits per heavy atom. The van der Waals surface area contributed by atoms with Crippen molar-refractivity contribution in [3.63, 3.8) is 0 Å². The van der Waals surface area contributed by atoms with E-state index in [0.29, 0.717) is 17.6 Å². The zero-order chi connectivity index (χ0) is 17.7. The summed E-state index contributed by atoms with van der Waals surface area (Å²) in [5.74, 6) is -0.181. The first kappa shape index (κ1) is 15.3. The normalized spacial score (nSPS) is 19.1. The number of nitrogens with zero attached hydrogens (tertiary/aromatic N) is 1. The lowest BCUT2D eigenvalue weighted by Gasteiger charge is -2.35. The summed E-state index contributed by atoms with van der Waals surface area (Å²) in [5, 5.41) is 4.46. The fourth-order valence-electron chi connectivity index (χ4n) is 4.23. The van der Waals surface area contributed by atoms with Crippen LogP contribution in [0.15, 0.2) is 60.3 Å². The topological polar surface area (TPSA) is 42.0 Å². The second kappa shape index (κ2) is 5.77. The van der Waals surface area contributed by atoms with Gasteiger partial charge in [0, 0.05) is 40.4 Å². The van der Waals surface area contributed by atoms with Gasteiger partial charge in [-0.05, 0) is 42.7 Å². The molecule has 0 spiro atoms. The third kappa shape index (κ3) is 2.18. The number of hydrogen-bond acceptors (Lipinski definition) is 3.